The van der Waals surface area contributed by atoms with Crippen LogP contribution in [-0.4, -0.2) is 19.9 Å². The predicted octanol–water partition coefficient (Wildman–Crippen LogP) is 3.70. The molecule has 0 radical (unpaired) electrons. The summed E-state index contributed by atoms with van der Waals surface area (Å²) in [6.07, 6.45) is 3.17. The second-order valence-electron chi connectivity index (χ2n) is 5.94. The van der Waals surface area contributed by atoms with Crippen LogP contribution < -0.4 is 4.72 Å². The maximum atomic E-state index is 13.1. The molecule has 0 saturated carbocycles. The van der Waals surface area contributed by atoms with E-state index in [1.165, 1.54) is 17.7 Å². The van der Waals surface area contributed by atoms with Gasteiger partial charge in [-0.25, -0.2) is 22.5 Å². The van der Waals surface area contributed by atoms with E-state index in [0.29, 0.717) is 12.0 Å². The Balaban J connectivity index is 1.58. The van der Waals surface area contributed by atoms with Gasteiger partial charge in [-0.3, -0.25) is 0 Å². The zero-order valence-electron chi connectivity index (χ0n) is 14.3. The van der Waals surface area contributed by atoms with E-state index in [2.05, 4.69) is 21.8 Å². The number of thiazole rings is 1. The third kappa shape index (κ3) is 4.75. The SMILES string of the molecule is Cc1cc(F)ccc1S(=O)(=O)NCCc1ncc(Cc2ccccc2)s1. The topological polar surface area (TPSA) is 59.1 Å². The highest BCUT2D eigenvalue weighted by atomic mass is 32.2. The number of benzene rings is 2. The molecular formula is C19H19FN2O2S2. The average molecular weight is 391 g/mol. The summed E-state index contributed by atoms with van der Waals surface area (Å²) in [6, 6.07) is 13.8. The van der Waals surface area contributed by atoms with E-state index in [9.17, 15) is 12.8 Å². The minimum absolute atomic E-state index is 0.0998. The smallest absolute Gasteiger partial charge is 0.240 e. The molecule has 0 atom stereocenters. The van der Waals surface area contributed by atoms with Crippen LogP contribution in [0.3, 0.4) is 0 Å². The first-order chi connectivity index (χ1) is 12.4. The van der Waals surface area contributed by atoms with Crippen LogP contribution in [0.15, 0.2) is 59.6 Å². The zero-order valence-corrected chi connectivity index (χ0v) is 15.9. The molecule has 0 aliphatic rings. The highest BCUT2D eigenvalue weighted by Crippen LogP contribution is 2.18. The third-order valence-electron chi connectivity index (χ3n) is 3.88. The Bertz CT molecular complexity index is 986. The lowest BCUT2D eigenvalue weighted by Crippen LogP contribution is -2.26. The number of rotatable bonds is 7. The Hall–Kier alpha value is -2.09. The fourth-order valence-electron chi connectivity index (χ4n) is 2.63. The largest absolute Gasteiger partial charge is 0.249 e. The zero-order chi connectivity index (χ0) is 18.6. The lowest BCUT2D eigenvalue weighted by Gasteiger charge is -2.08. The van der Waals surface area contributed by atoms with Crippen molar-refractivity contribution in [3.05, 3.63) is 81.6 Å². The molecule has 0 bridgehead atoms. The standard InChI is InChI=1S/C19H19FN2O2S2/c1-14-11-16(20)7-8-18(14)26(23,24)22-10-9-19-21-13-17(25-19)12-15-5-3-2-4-6-15/h2-8,11,13,22H,9-10,12H2,1H3. The summed E-state index contributed by atoms with van der Waals surface area (Å²) >= 11 is 1.58. The van der Waals surface area contributed by atoms with Gasteiger partial charge in [0.15, 0.2) is 0 Å². The molecule has 0 saturated heterocycles. The van der Waals surface area contributed by atoms with Gasteiger partial charge in [-0.1, -0.05) is 30.3 Å². The molecule has 1 aromatic heterocycles. The summed E-state index contributed by atoms with van der Waals surface area (Å²) < 4.78 is 40.4. The molecule has 3 aromatic rings. The minimum atomic E-state index is -3.66. The third-order valence-corrected chi connectivity index (χ3v) is 6.56. The average Bonchev–Trinajstić information content (AvgIpc) is 3.02. The maximum Gasteiger partial charge on any atom is 0.240 e. The molecule has 0 spiro atoms. The first-order valence-corrected chi connectivity index (χ1v) is 10.5. The monoisotopic (exact) mass is 390 g/mol. The summed E-state index contributed by atoms with van der Waals surface area (Å²) in [7, 11) is -3.66. The predicted molar refractivity (Wildman–Crippen MR) is 101 cm³/mol. The van der Waals surface area contributed by atoms with E-state index >= 15 is 0 Å². The molecule has 0 unspecified atom stereocenters. The molecule has 3 rings (SSSR count). The van der Waals surface area contributed by atoms with E-state index in [1.807, 2.05) is 24.4 Å². The Kier molecular flexibility index (Phi) is 5.80. The van der Waals surface area contributed by atoms with Crippen LogP contribution in [0.25, 0.3) is 0 Å². The summed E-state index contributed by atoms with van der Waals surface area (Å²) in [6.45, 7) is 1.83. The molecule has 0 fully saturated rings. The van der Waals surface area contributed by atoms with Crippen LogP contribution in [0.1, 0.15) is 21.0 Å². The van der Waals surface area contributed by atoms with Crippen molar-refractivity contribution >= 4 is 21.4 Å². The lowest BCUT2D eigenvalue weighted by atomic mass is 10.1. The second kappa shape index (κ2) is 8.07. The van der Waals surface area contributed by atoms with Crippen LogP contribution in [0, 0.1) is 12.7 Å². The molecule has 136 valence electrons. The van der Waals surface area contributed by atoms with Crippen LogP contribution in [0.5, 0.6) is 0 Å². The number of nitrogens with zero attached hydrogens (tertiary/aromatic N) is 1. The van der Waals surface area contributed by atoms with Gasteiger partial charge in [-0.05, 0) is 36.2 Å². The van der Waals surface area contributed by atoms with Gasteiger partial charge in [0.2, 0.25) is 10.0 Å². The first kappa shape index (κ1) is 18.7. The molecule has 7 heteroatoms. The summed E-state index contributed by atoms with van der Waals surface area (Å²) in [5.41, 5.74) is 1.60. The molecular weight excluding hydrogens is 371 g/mol. The summed E-state index contributed by atoms with van der Waals surface area (Å²) in [5.74, 6) is -0.449. The van der Waals surface area contributed by atoms with E-state index in [0.717, 1.165) is 22.4 Å². The normalized spacial score (nSPS) is 11.6. The number of hydrogen-bond donors (Lipinski definition) is 1. The summed E-state index contributed by atoms with van der Waals surface area (Å²) in [4.78, 5) is 5.61. The van der Waals surface area contributed by atoms with Crippen LogP contribution >= 0.6 is 11.3 Å². The van der Waals surface area contributed by atoms with E-state index in [-0.39, 0.29) is 11.4 Å². The molecule has 4 nitrogen and oxygen atoms in total. The van der Waals surface area contributed by atoms with Crippen molar-refractivity contribution in [1.29, 1.82) is 0 Å². The van der Waals surface area contributed by atoms with Crippen LogP contribution in [-0.2, 0) is 22.9 Å². The Morgan fingerprint density at radius 2 is 1.92 bits per heavy atom. The minimum Gasteiger partial charge on any atom is -0.249 e. The van der Waals surface area contributed by atoms with Crippen molar-refractivity contribution in [2.75, 3.05) is 6.54 Å². The number of sulfonamides is 1. The molecule has 0 amide bonds. The van der Waals surface area contributed by atoms with Crippen molar-refractivity contribution in [3.63, 3.8) is 0 Å². The molecule has 26 heavy (non-hydrogen) atoms. The highest BCUT2D eigenvalue weighted by molar-refractivity contribution is 7.89. The fraction of sp³-hybridized carbons (Fsp3) is 0.211. The molecule has 1 heterocycles. The van der Waals surface area contributed by atoms with Crippen LogP contribution in [0.2, 0.25) is 0 Å². The molecule has 2 aromatic carbocycles. The molecule has 0 aliphatic heterocycles. The van der Waals surface area contributed by atoms with Crippen molar-refractivity contribution in [2.24, 2.45) is 0 Å². The highest BCUT2D eigenvalue weighted by Gasteiger charge is 2.17. The van der Waals surface area contributed by atoms with Crippen molar-refractivity contribution in [1.82, 2.24) is 9.71 Å². The van der Waals surface area contributed by atoms with Gasteiger partial charge in [-0.15, -0.1) is 11.3 Å². The van der Waals surface area contributed by atoms with Gasteiger partial charge >= 0.3 is 0 Å². The van der Waals surface area contributed by atoms with E-state index in [1.54, 1.807) is 18.3 Å². The molecule has 0 aliphatic carbocycles. The number of aryl methyl sites for hydroxylation is 1. The fourth-order valence-corrected chi connectivity index (χ4v) is 4.84. The van der Waals surface area contributed by atoms with Gasteiger partial charge in [-0.2, -0.15) is 0 Å². The number of nitrogens with one attached hydrogen (secondary N) is 1. The van der Waals surface area contributed by atoms with Gasteiger partial charge in [0.05, 0.1) is 9.90 Å². The number of aromatic nitrogens is 1. The second-order valence-corrected chi connectivity index (χ2v) is 8.88. The lowest BCUT2D eigenvalue weighted by molar-refractivity contribution is 0.579. The van der Waals surface area contributed by atoms with E-state index in [4.69, 9.17) is 0 Å². The van der Waals surface area contributed by atoms with E-state index < -0.39 is 15.8 Å². The number of hydrogen-bond acceptors (Lipinski definition) is 4. The van der Waals surface area contributed by atoms with Crippen molar-refractivity contribution in [2.45, 2.75) is 24.7 Å². The van der Waals surface area contributed by atoms with Crippen LogP contribution in [0.4, 0.5) is 4.39 Å². The van der Waals surface area contributed by atoms with Gasteiger partial charge in [0.1, 0.15) is 5.82 Å². The van der Waals surface area contributed by atoms with Gasteiger partial charge in [0, 0.05) is 30.5 Å². The van der Waals surface area contributed by atoms with Crippen molar-refractivity contribution in [3.8, 4) is 0 Å². The Morgan fingerprint density at radius 3 is 2.65 bits per heavy atom. The van der Waals surface area contributed by atoms with Crippen molar-refractivity contribution < 1.29 is 12.8 Å². The molecule has 1 N–H and O–H groups in total. The first-order valence-electron chi connectivity index (χ1n) is 8.17. The van der Waals surface area contributed by atoms with Gasteiger partial charge in [0.25, 0.3) is 0 Å². The Morgan fingerprint density at radius 1 is 1.15 bits per heavy atom. The number of halogens is 1. The maximum absolute atomic E-state index is 13.1. The van der Waals surface area contributed by atoms with Gasteiger partial charge < -0.3 is 0 Å². The quantitative estimate of drug-likeness (QED) is 0.669. The summed E-state index contributed by atoms with van der Waals surface area (Å²) in [5, 5.41) is 0.884. The Labute approximate surface area is 156 Å².